The van der Waals surface area contributed by atoms with Gasteiger partial charge in [-0.2, -0.15) is 13.2 Å². The molecular weight excluding hydrogens is 323 g/mol. The number of hydrogen-bond acceptors (Lipinski definition) is 5. The highest BCUT2D eigenvalue weighted by Gasteiger charge is 2.28. The van der Waals surface area contributed by atoms with Gasteiger partial charge >= 0.3 is 12.1 Å². The zero-order valence-electron chi connectivity index (χ0n) is 12.2. The molecule has 1 aromatic carbocycles. The van der Waals surface area contributed by atoms with Gasteiger partial charge in [0.2, 0.25) is 5.91 Å². The van der Waals surface area contributed by atoms with E-state index in [1.165, 1.54) is 20.3 Å². The van der Waals surface area contributed by atoms with Crippen molar-refractivity contribution in [2.24, 2.45) is 0 Å². The van der Waals surface area contributed by atoms with Gasteiger partial charge in [-0.05, 0) is 12.1 Å². The zero-order valence-corrected chi connectivity index (χ0v) is 12.2. The molecule has 0 atom stereocenters. The molecule has 7 nitrogen and oxygen atoms in total. The van der Waals surface area contributed by atoms with Crippen molar-refractivity contribution in [1.82, 2.24) is 0 Å². The van der Waals surface area contributed by atoms with Crippen LogP contribution in [0.25, 0.3) is 0 Å². The van der Waals surface area contributed by atoms with E-state index in [-0.39, 0.29) is 22.7 Å². The maximum absolute atomic E-state index is 11.9. The minimum Gasteiger partial charge on any atom is -0.493 e. The van der Waals surface area contributed by atoms with Crippen molar-refractivity contribution in [1.29, 1.82) is 0 Å². The number of methoxy groups -OCH3 is 2. The predicted octanol–water partition coefficient (Wildman–Crippen LogP) is 1.92. The Labute approximate surface area is 128 Å². The number of halogens is 3. The third kappa shape index (κ3) is 5.66. The predicted molar refractivity (Wildman–Crippen MR) is 72.0 cm³/mol. The molecule has 2 N–H and O–H groups in total. The molecule has 0 spiro atoms. The van der Waals surface area contributed by atoms with E-state index in [1.807, 2.05) is 0 Å². The summed E-state index contributed by atoms with van der Waals surface area (Å²) in [7, 11) is 2.52. The van der Waals surface area contributed by atoms with Crippen LogP contribution in [0.3, 0.4) is 0 Å². The number of carbonyl (C=O) groups is 2. The van der Waals surface area contributed by atoms with Crippen molar-refractivity contribution in [3.8, 4) is 11.5 Å². The van der Waals surface area contributed by atoms with Gasteiger partial charge in [-0.1, -0.05) is 0 Å². The number of hydrogen-bond donors (Lipinski definition) is 2. The van der Waals surface area contributed by atoms with Crippen molar-refractivity contribution < 1.29 is 42.1 Å². The van der Waals surface area contributed by atoms with Gasteiger partial charge in [0.05, 0.1) is 25.5 Å². The second-order valence-electron chi connectivity index (χ2n) is 4.22. The Hall–Kier alpha value is -2.49. The van der Waals surface area contributed by atoms with E-state index < -0.39 is 31.3 Å². The zero-order chi connectivity index (χ0) is 17.6. The third-order valence-corrected chi connectivity index (χ3v) is 2.50. The molecule has 0 aliphatic heterocycles. The van der Waals surface area contributed by atoms with Gasteiger partial charge in [0, 0.05) is 0 Å². The van der Waals surface area contributed by atoms with E-state index in [1.54, 1.807) is 0 Å². The number of anilines is 1. The number of carboxylic acid groups (broad SMARTS) is 1. The molecule has 1 rings (SSSR count). The minimum absolute atomic E-state index is 0.0293. The van der Waals surface area contributed by atoms with Gasteiger partial charge < -0.3 is 24.6 Å². The van der Waals surface area contributed by atoms with Crippen LogP contribution in [0.15, 0.2) is 12.1 Å². The molecule has 0 aliphatic carbocycles. The number of alkyl halides is 3. The van der Waals surface area contributed by atoms with Crippen molar-refractivity contribution >= 4 is 17.6 Å². The van der Waals surface area contributed by atoms with Crippen LogP contribution in [-0.4, -0.2) is 50.6 Å². The summed E-state index contributed by atoms with van der Waals surface area (Å²) in [5.74, 6) is -2.12. The highest BCUT2D eigenvalue weighted by atomic mass is 19.4. The Bertz CT molecular complexity index is 588. The first-order valence-electron chi connectivity index (χ1n) is 6.11. The second kappa shape index (κ2) is 7.68. The molecule has 0 saturated heterocycles. The van der Waals surface area contributed by atoms with E-state index in [0.717, 1.165) is 6.07 Å². The van der Waals surface area contributed by atoms with Crippen LogP contribution in [0.5, 0.6) is 11.5 Å². The van der Waals surface area contributed by atoms with E-state index in [0.29, 0.717) is 0 Å². The first-order valence-corrected chi connectivity index (χ1v) is 6.11. The van der Waals surface area contributed by atoms with E-state index in [4.69, 9.17) is 14.6 Å². The molecule has 0 saturated carbocycles. The summed E-state index contributed by atoms with van der Waals surface area (Å²) < 4.78 is 50.0. The van der Waals surface area contributed by atoms with Crippen LogP contribution in [0.1, 0.15) is 10.4 Å². The molecule has 23 heavy (non-hydrogen) atoms. The number of carbonyl (C=O) groups excluding carboxylic acids is 1. The summed E-state index contributed by atoms with van der Waals surface area (Å²) in [6.45, 7) is -2.43. The Morgan fingerprint density at radius 1 is 1.22 bits per heavy atom. The third-order valence-electron chi connectivity index (χ3n) is 2.50. The normalized spacial score (nSPS) is 11.0. The second-order valence-corrected chi connectivity index (χ2v) is 4.22. The van der Waals surface area contributed by atoms with Crippen LogP contribution in [0.4, 0.5) is 18.9 Å². The number of nitrogens with one attached hydrogen (secondary N) is 1. The first kappa shape index (κ1) is 18.6. The topological polar surface area (TPSA) is 94.1 Å². The molecule has 0 heterocycles. The average Bonchev–Trinajstić information content (AvgIpc) is 2.44. The number of amides is 1. The quantitative estimate of drug-likeness (QED) is 0.789. The highest BCUT2D eigenvalue weighted by Crippen LogP contribution is 2.36. The number of carboxylic acids is 1. The van der Waals surface area contributed by atoms with Crippen molar-refractivity contribution in [2.45, 2.75) is 6.18 Å². The van der Waals surface area contributed by atoms with Crippen molar-refractivity contribution in [3.63, 3.8) is 0 Å². The van der Waals surface area contributed by atoms with Gasteiger partial charge in [-0.3, -0.25) is 4.79 Å². The van der Waals surface area contributed by atoms with Crippen molar-refractivity contribution in [3.05, 3.63) is 17.7 Å². The maximum atomic E-state index is 11.9. The molecule has 128 valence electrons. The smallest absolute Gasteiger partial charge is 0.411 e. The summed E-state index contributed by atoms with van der Waals surface area (Å²) in [6, 6.07) is 2.27. The standard InChI is InChI=1S/C13H14F3NO6/c1-21-9-4-7(12(19)20)3-8(11(9)22-2)17-10(18)5-23-6-13(14,15)16/h3-4H,5-6H2,1-2H3,(H,17,18)(H,19,20). The minimum atomic E-state index is -4.55. The number of benzene rings is 1. The lowest BCUT2D eigenvalue weighted by Crippen LogP contribution is -2.24. The summed E-state index contributed by atoms with van der Waals surface area (Å²) in [4.78, 5) is 22.6. The van der Waals surface area contributed by atoms with Crippen LogP contribution < -0.4 is 14.8 Å². The molecule has 0 unspecified atom stereocenters. The molecule has 0 aliphatic rings. The fourth-order valence-corrected chi connectivity index (χ4v) is 1.63. The van der Waals surface area contributed by atoms with E-state index >= 15 is 0 Å². The lowest BCUT2D eigenvalue weighted by Gasteiger charge is -2.15. The molecule has 10 heteroatoms. The van der Waals surface area contributed by atoms with Crippen LogP contribution in [-0.2, 0) is 9.53 Å². The fourth-order valence-electron chi connectivity index (χ4n) is 1.63. The Kier molecular flexibility index (Phi) is 6.19. The van der Waals surface area contributed by atoms with Crippen molar-refractivity contribution in [2.75, 3.05) is 32.8 Å². The van der Waals surface area contributed by atoms with E-state index in [9.17, 15) is 22.8 Å². The Balaban J connectivity index is 2.91. The number of ether oxygens (including phenoxy) is 3. The number of aromatic carboxylic acids is 1. The number of rotatable bonds is 7. The van der Waals surface area contributed by atoms with Gasteiger partial charge in [0.25, 0.3) is 0 Å². The van der Waals surface area contributed by atoms with Crippen LogP contribution in [0.2, 0.25) is 0 Å². The summed E-state index contributed by atoms with van der Waals surface area (Å²) >= 11 is 0. The molecule has 0 bridgehead atoms. The van der Waals surface area contributed by atoms with Gasteiger partial charge in [0.15, 0.2) is 11.5 Å². The first-order chi connectivity index (χ1) is 10.7. The summed E-state index contributed by atoms with van der Waals surface area (Å²) in [5.41, 5.74) is -0.265. The maximum Gasteiger partial charge on any atom is 0.411 e. The SMILES string of the molecule is COc1cc(C(=O)O)cc(NC(=O)COCC(F)(F)F)c1OC. The summed E-state index contributed by atoms with van der Waals surface area (Å²) in [6.07, 6.45) is -4.55. The van der Waals surface area contributed by atoms with Gasteiger partial charge in [-0.15, -0.1) is 0 Å². The Morgan fingerprint density at radius 2 is 1.87 bits per heavy atom. The van der Waals surface area contributed by atoms with E-state index in [2.05, 4.69) is 10.1 Å². The molecule has 1 aromatic rings. The van der Waals surface area contributed by atoms with Gasteiger partial charge in [-0.25, -0.2) is 4.79 Å². The monoisotopic (exact) mass is 337 g/mol. The highest BCUT2D eigenvalue weighted by molar-refractivity contribution is 5.97. The lowest BCUT2D eigenvalue weighted by atomic mass is 10.1. The molecule has 0 radical (unpaired) electrons. The molecular formula is C13H14F3NO6. The Morgan fingerprint density at radius 3 is 2.35 bits per heavy atom. The lowest BCUT2D eigenvalue weighted by molar-refractivity contribution is -0.174. The van der Waals surface area contributed by atoms with Crippen LogP contribution in [0, 0.1) is 0 Å². The largest absolute Gasteiger partial charge is 0.493 e. The molecule has 0 aromatic heterocycles. The van der Waals surface area contributed by atoms with Gasteiger partial charge in [0.1, 0.15) is 13.2 Å². The summed E-state index contributed by atoms with van der Waals surface area (Å²) in [5, 5.41) is 11.2. The van der Waals surface area contributed by atoms with Crippen LogP contribution >= 0.6 is 0 Å². The molecule has 1 amide bonds. The average molecular weight is 337 g/mol. The fraction of sp³-hybridized carbons (Fsp3) is 0.385. The molecule has 0 fully saturated rings.